The van der Waals surface area contributed by atoms with E-state index in [1.807, 2.05) is 0 Å². The molecular formula is C10H18. The van der Waals surface area contributed by atoms with Gasteiger partial charge < -0.3 is 0 Å². The molecule has 58 valence electrons. The van der Waals surface area contributed by atoms with E-state index in [0.717, 1.165) is 5.92 Å². The Kier molecular flexibility index (Phi) is 3.56. The molecule has 0 atom stereocenters. The molecule has 1 saturated carbocycles. The van der Waals surface area contributed by atoms with Crippen molar-refractivity contribution in [2.24, 2.45) is 5.92 Å². The van der Waals surface area contributed by atoms with Crippen molar-refractivity contribution >= 4 is 0 Å². The molecule has 0 aromatic rings. The van der Waals surface area contributed by atoms with E-state index < -0.39 is 0 Å². The first-order valence-corrected chi connectivity index (χ1v) is 4.58. The second kappa shape index (κ2) is 4.54. The van der Waals surface area contributed by atoms with Crippen molar-refractivity contribution < 1.29 is 0 Å². The van der Waals surface area contributed by atoms with Crippen LogP contribution in [-0.2, 0) is 0 Å². The summed E-state index contributed by atoms with van der Waals surface area (Å²) >= 11 is 0. The molecule has 0 bridgehead atoms. The SMILES string of the molecule is CC/C=C/CC1CCCC1. The Labute approximate surface area is 64.3 Å². The summed E-state index contributed by atoms with van der Waals surface area (Å²) in [6, 6.07) is 0. The summed E-state index contributed by atoms with van der Waals surface area (Å²) in [6.07, 6.45) is 13.1. The van der Waals surface area contributed by atoms with Gasteiger partial charge in [-0.25, -0.2) is 0 Å². The van der Waals surface area contributed by atoms with Crippen LogP contribution in [0.15, 0.2) is 12.2 Å². The fourth-order valence-electron chi connectivity index (χ4n) is 1.70. The first-order chi connectivity index (χ1) is 4.93. The highest BCUT2D eigenvalue weighted by molar-refractivity contribution is 4.84. The third-order valence-corrected chi connectivity index (χ3v) is 2.35. The summed E-state index contributed by atoms with van der Waals surface area (Å²) in [5.74, 6) is 1.03. The minimum Gasteiger partial charge on any atom is -0.0888 e. The molecule has 0 aliphatic heterocycles. The van der Waals surface area contributed by atoms with E-state index >= 15 is 0 Å². The van der Waals surface area contributed by atoms with Gasteiger partial charge in [-0.2, -0.15) is 0 Å². The van der Waals surface area contributed by atoms with Crippen LogP contribution in [0.25, 0.3) is 0 Å². The van der Waals surface area contributed by atoms with Gasteiger partial charge in [-0.05, 0) is 18.8 Å². The third-order valence-electron chi connectivity index (χ3n) is 2.35. The van der Waals surface area contributed by atoms with Crippen LogP contribution >= 0.6 is 0 Å². The fourth-order valence-corrected chi connectivity index (χ4v) is 1.70. The van der Waals surface area contributed by atoms with E-state index in [1.54, 1.807) is 0 Å². The van der Waals surface area contributed by atoms with Crippen LogP contribution < -0.4 is 0 Å². The Balaban J connectivity index is 2.06. The summed E-state index contributed by atoms with van der Waals surface area (Å²) in [7, 11) is 0. The number of hydrogen-bond acceptors (Lipinski definition) is 0. The van der Waals surface area contributed by atoms with Crippen molar-refractivity contribution in [2.75, 3.05) is 0 Å². The van der Waals surface area contributed by atoms with E-state index in [1.165, 1.54) is 38.5 Å². The Morgan fingerprint density at radius 3 is 2.50 bits per heavy atom. The Morgan fingerprint density at radius 1 is 1.20 bits per heavy atom. The molecule has 0 aromatic heterocycles. The van der Waals surface area contributed by atoms with Crippen LogP contribution in [0.5, 0.6) is 0 Å². The molecule has 1 aliphatic carbocycles. The molecule has 1 aliphatic rings. The smallest absolute Gasteiger partial charge is 0.0322 e. The maximum atomic E-state index is 2.36. The molecule has 0 radical (unpaired) electrons. The number of rotatable bonds is 3. The normalized spacial score (nSPS) is 20.9. The van der Waals surface area contributed by atoms with Gasteiger partial charge in [-0.15, -0.1) is 0 Å². The molecule has 0 aromatic carbocycles. The number of allylic oxidation sites excluding steroid dienone is 2. The average Bonchev–Trinajstić information content (AvgIpc) is 2.41. The molecule has 0 unspecified atom stereocenters. The van der Waals surface area contributed by atoms with E-state index in [0.29, 0.717) is 0 Å². The molecule has 10 heavy (non-hydrogen) atoms. The van der Waals surface area contributed by atoms with Gasteiger partial charge in [0.1, 0.15) is 0 Å². The summed E-state index contributed by atoms with van der Waals surface area (Å²) in [4.78, 5) is 0. The van der Waals surface area contributed by atoms with Crippen LogP contribution in [0.4, 0.5) is 0 Å². The van der Waals surface area contributed by atoms with Crippen molar-refractivity contribution in [1.82, 2.24) is 0 Å². The highest BCUT2D eigenvalue weighted by atomic mass is 14.2. The monoisotopic (exact) mass is 138 g/mol. The quantitative estimate of drug-likeness (QED) is 0.523. The molecule has 0 heteroatoms. The van der Waals surface area contributed by atoms with Crippen LogP contribution in [-0.4, -0.2) is 0 Å². The highest BCUT2D eigenvalue weighted by Gasteiger charge is 2.12. The molecular weight excluding hydrogens is 120 g/mol. The van der Waals surface area contributed by atoms with E-state index in [2.05, 4.69) is 19.1 Å². The largest absolute Gasteiger partial charge is 0.0888 e. The van der Waals surface area contributed by atoms with Crippen LogP contribution in [0.1, 0.15) is 45.4 Å². The van der Waals surface area contributed by atoms with Crippen LogP contribution in [0, 0.1) is 5.92 Å². The number of hydrogen-bond donors (Lipinski definition) is 0. The maximum absolute atomic E-state index is 2.36. The second-order valence-electron chi connectivity index (χ2n) is 3.27. The summed E-state index contributed by atoms with van der Waals surface area (Å²) in [5, 5.41) is 0. The molecule has 0 N–H and O–H groups in total. The van der Waals surface area contributed by atoms with E-state index in [4.69, 9.17) is 0 Å². The van der Waals surface area contributed by atoms with Crippen molar-refractivity contribution in [3.63, 3.8) is 0 Å². The van der Waals surface area contributed by atoms with Gasteiger partial charge in [0.25, 0.3) is 0 Å². The summed E-state index contributed by atoms with van der Waals surface area (Å²) < 4.78 is 0. The molecule has 0 spiro atoms. The molecule has 0 amide bonds. The molecule has 0 saturated heterocycles. The Bertz CT molecular complexity index is 96.6. The zero-order valence-corrected chi connectivity index (χ0v) is 6.97. The van der Waals surface area contributed by atoms with E-state index in [-0.39, 0.29) is 0 Å². The molecule has 0 heterocycles. The zero-order chi connectivity index (χ0) is 7.23. The predicted octanol–water partition coefficient (Wildman–Crippen LogP) is 3.53. The molecule has 1 fully saturated rings. The molecule has 1 rings (SSSR count). The topological polar surface area (TPSA) is 0 Å². The van der Waals surface area contributed by atoms with Gasteiger partial charge >= 0.3 is 0 Å². The Hall–Kier alpha value is -0.260. The van der Waals surface area contributed by atoms with Gasteiger partial charge in [0.05, 0.1) is 0 Å². The van der Waals surface area contributed by atoms with Gasteiger partial charge in [0.2, 0.25) is 0 Å². The van der Waals surface area contributed by atoms with E-state index in [9.17, 15) is 0 Å². The summed E-state index contributed by atoms with van der Waals surface area (Å²) in [6.45, 7) is 2.20. The lowest BCUT2D eigenvalue weighted by Gasteiger charge is -2.02. The minimum atomic E-state index is 1.03. The first-order valence-electron chi connectivity index (χ1n) is 4.58. The predicted molar refractivity (Wildman–Crippen MR) is 46.0 cm³/mol. The standard InChI is InChI=1S/C10H18/c1-2-3-4-7-10-8-5-6-9-10/h3-4,10H,2,5-9H2,1H3/b4-3+. The molecule has 0 nitrogen and oxygen atoms in total. The Morgan fingerprint density at radius 2 is 1.90 bits per heavy atom. The van der Waals surface area contributed by atoms with Gasteiger partial charge in [-0.1, -0.05) is 44.8 Å². The minimum absolute atomic E-state index is 1.03. The van der Waals surface area contributed by atoms with Crippen molar-refractivity contribution in [1.29, 1.82) is 0 Å². The highest BCUT2D eigenvalue weighted by Crippen LogP contribution is 2.27. The van der Waals surface area contributed by atoms with Crippen molar-refractivity contribution in [2.45, 2.75) is 45.4 Å². The average molecular weight is 138 g/mol. The third kappa shape index (κ3) is 2.55. The van der Waals surface area contributed by atoms with Crippen molar-refractivity contribution in [3.05, 3.63) is 12.2 Å². The lowest BCUT2D eigenvalue weighted by atomic mass is 10.0. The zero-order valence-electron chi connectivity index (χ0n) is 6.97. The van der Waals surface area contributed by atoms with Crippen LogP contribution in [0.2, 0.25) is 0 Å². The van der Waals surface area contributed by atoms with Gasteiger partial charge in [-0.3, -0.25) is 0 Å². The lowest BCUT2D eigenvalue weighted by molar-refractivity contribution is 0.557. The maximum Gasteiger partial charge on any atom is -0.0322 e. The van der Waals surface area contributed by atoms with Gasteiger partial charge in [0.15, 0.2) is 0 Å². The first kappa shape index (κ1) is 7.84. The van der Waals surface area contributed by atoms with Crippen molar-refractivity contribution in [3.8, 4) is 0 Å². The summed E-state index contributed by atoms with van der Waals surface area (Å²) in [5.41, 5.74) is 0. The fraction of sp³-hybridized carbons (Fsp3) is 0.800. The van der Waals surface area contributed by atoms with Crippen LogP contribution in [0.3, 0.4) is 0 Å². The van der Waals surface area contributed by atoms with Gasteiger partial charge in [0, 0.05) is 0 Å². The second-order valence-corrected chi connectivity index (χ2v) is 3.27. The lowest BCUT2D eigenvalue weighted by Crippen LogP contribution is -1.88.